The zero-order valence-corrected chi connectivity index (χ0v) is 17.1. The van der Waals surface area contributed by atoms with Crippen molar-refractivity contribution in [3.63, 3.8) is 0 Å². The van der Waals surface area contributed by atoms with Crippen LogP contribution in [0.3, 0.4) is 0 Å². The quantitative estimate of drug-likeness (QED) is 0.389. The van der Waals surface area contributed by atoms with Gasteiger partial charge in [0, 0.05) is 0 Å². The number of hydrogen-bond donors (Lipinski definition) is 2. The van der Waals surface area contributed by atoms with Crippen LogP contribution in [0.15, 0.2) is 48.5 Å². The van der Waals surface area contributed by atoms with Gasteiger partial charge >= 0.3 is 5.97 Å². The summed E-state index contributed by atoms with van der Waals surface area (Å²) < 4.78 is 24.8. The van der Waals surface area contributed by atoms with E-state index >= 15 is 0 Å². The Morgan fingerprint density at radius 1 is 1.24 bits per heavy atom. The Morgan fingerprint density at radius 3 is 2.79 bits per heavy atom. The van der Waals surface area contributed by atoms with Gasteiger partial charge in [0.1, 0.15) is 18.2 Å². The lowest BCUT2D eigenvalue weighted by Crippen LogP contribution is -2.39. The van der Waals surface area contributed by atoms with Crippen molar-refractivity contribution in [1.29, 1.82) is 0 Å². The standard InChI is InChI=1S/C22H25FN2O3S/c1-2-20(28-15-7-4-3-5-8-15)21(26)27-14-13-24-22(29)25-19-12-11-16-17(19)9-6-10-18(16)23/h3-10,19-20H,2,11-14H2,1H3,(H2,24,25,29). The number of hydrogen-bond acceptors (Lipinski definition) is 4. The summed E-state index contributed by atoms with van der Waals surface area (Å²) >= 11 is 5.31. The van der Waals surface area contributed by atoms with Gasteiger partial charge in [0.05, 0.1) is 12.6 Å². The van der Waals surface area contributed by atoms with Crippen LogP contribution >= 0.6 is 12.2 Å². The highest BCUT2D eigenvalue weighted by molar-refractivity contribution is 7.80. The molecule has 2 atom stereocenters. The maximum Gasteiger partial charge on any atom is 0.347 e. The Kier molecular flexibility index (Phi) is 7.41. The number of ether oxygens (including phenoxy) is 2. The first kappa shape index (κ1) is 21.0. The zero-order chi connectivity index (χ0) is 20.6. The molecule has 0 amide bonds. The maximum atomic E-state index is 13.8. The number of esters is 1. The molecule has 5 nitrogen and oxygen atoms in total. The van der Waals surface area contributed by atoms with E-state index in [0.29, 0.717) is 30.2 Å². The SMILES string of the molecule is CCC(Oc1ccccc1)C(=O)OCCNC(=S)NC1CCc2c(F)cccc21. The highest BCUT2D eigenvalue weighted by atomic mass is 32.1. The molecule has 0 saturated heterocycles. The molecule has 2 N–H and O–H groups in total. The average molecular weight is 417 g/mol. The van der Waals surface area contributed by atoms with Crippen molar-refractivity contribution in [1.82, 2.24) is 10.6 Å². The van der Waals surface area contributed by atoms with Gasteiger partial charge in [-0.05, 0) is 60.8 Å². The van der Waals surface area contributed by atoms with Gasteiger partial charge < -0.3 is 20.1 Å². The van der Waals surface area contributed by atoms with E-state index in [1.54, 1.807) is 18.2 Å². The van der Waals surface area contributed by atoms with E-state index in [1.165, 1.54) is 6.07 Å². The van der Waals surface area contributed by atoms with Crippen molar-refractivity contribution < 1.29 is 18.7 Å². The summed E-state index contributed by atoms with van der Waals surface area (Å²) in [5.41, 5.74) is 1.70. The van der Waals surface area contributed by atoms with Crippen molar-refractivity contribution in [2.75, 3.05) is 13.2 Å². The Labute approximate surface area is 175 Å². The van der Waals surface area contributed by atoms with Crippen molar-refractivity contribution in [2.24, 2.45) is 0 Å². The summed E-state index contributed by atoms with van der Waals surface area (Å²) in [6.45, 7) is 2.42. The summed E-state index contributed by atoms with van der Waals surface area (Å²) in [5.74, 6) is 0.0612. The first-order valence-corrected chi connectivity index (χ1v) is 10.2. The predicted octanol–water partition coefficient (Wildman–Crippen LogP) is 3.68. The second kappa shape index (κ2) is 10.2. The molecule has 3 rings (SSSR count). The number of carbonyl (C=O) groups is 1. The monoisotopic (exact) mass is 416 g/mol. The molecule has 2 aromatic carbocycles. The van der Waals surface area contributed by atoms with Crippen LogP contribution in [0, 0.1) is 5.82 Å². The number of fused-ring (bicyclic) bond motifs is 1. The van der Waals surface area contributed by atoms with Crippen LogP contribution in [0.4, 0.5) is 4.39 Å². The molecule has 1 aliphatic carbocycles. The molecule has 2 unspecified atom stereocenters. The number of benzene rings is 2. The normalized spacial score (nSPS) is 15.9. The van der Waals surface area contributed by atoms with Crippen molar-refractivity contribution in [3.8, 4) is 5.75 Å². The van der Waals surface area contributed by atoms with E-state index in [2.05, 4.69) is 10.6 Å². The molecule has 0 spiro atoms. The summed E-state index contributed by atoms with van der Waals surface area (Å²) in [6, 6.07) is 14.3. The van der Waals surface area contributed by atoms with E-state index in [1.807, 2.05) is 31.2 Å². The number of halogens is 1. The van der Waals surface area contributed by atoms with Crippen LogP contribution < -0.4 is 15.4 Å². The lowest BCUT2D eigenvalue weighted by Gasteiger charge is -2.18. The molecular weight excluding hydrogens is 391 g/mol. The molecule has 0 aromatic heterocycles. The molecule has 154 valence electrons. The van der Waals surface area contributed by atoms with Crippen LogP contribution in [-0.4, -0.2) is 30.3 Å². The number of thiocarbonyl (C=S) groups is 1. The number of rotatable bonds is 8. The minimum absolute atomic E-state index is 0.00741. The summed E-state index contributed by atoms with van der Waals surface area (Å²) in [5, 5.41) is 6.69. The Bertz CT molecular complexity index is 847. The van der Waals surface area contributed by atoms with Crippen molar-refractivity contribution in [3.05, 3.63) is 65.5 Å². The van der Waals surface area contributed by atoms with E-state index < -0.39 is 12.1 Å². The summed E-state index contributed by atoms with van der Waals surface area (Å²) in [7, 11) is 0. The third-order valence-corrected chi connectivity index (χ3v) is 5.07. The van der Waals surface area contributed by atoms with Gasteiger partial charge in [-0.2, -0.15) is 0 Å². The first-order chi connectivity index (χ1) is 14.1. The molecule has 1 aliphatic rings. The zero-order valence-electron chi connectivity index (χ0n) is 16.3. The Morgan fingerprint density at radius 2 is 2.03 bits per heavy atom. The Balaban J connectivity index is 1.38. The van der Waals surface area contributed by atoms with Gasteiger partial charge in [-0.3, -0.25) is 0 Å². The fourth-order valence-corrected chi connectivity index (χ4v) is 3.58. The van der Waals surface area contributed by atoms with Crippen LogP contribution in [-0.2, 0) is 16.0 Å². The number of carbonyl (C=O) groups excluding carboxylic acids is 1. The van der Waals surface area contributed by atoms with Crippen molar-refractivity contribution >= 4 is 23.3 Å². The highest BCUT2D eigenvalue weighted by Gasteiger charge is 2.25. The third-order valence-electron chi connectivity index (χ3n) is 4.81. The van der Waals surface area contributed by atoms with Crippen LogP contribution in [0.5, 0.6) is 5.75 Å². The van der Waals surface area contributed by atoms with Gasteiger partial charge in [-0.25, -0.2) is 9.18 Å². The third kappa shape index (κ3) is 5.67. The molecular formula is C22H25FN2O3S. The molecule has 0 heterocycles. The molecule has 0 radical (unpaired) electrons. The predicted molar refractivity (Wildman–Crippen MR) is 113 cm³/mol. The number of nitrogens with one attached hydrogen (secondary N) is 2. The molecule has 0 aliphatic heterocycles. The van der Waals surface area contributed by atoms with E-state index in [0.717, 1.165) is 17.5 Å². The van der Waals surface area contributed by atoms with Crippen molar-refractivity contribution in [2.45, 2.75) is 38.3 Å². The summed E-state index contributed by atoms with van der Waals surface area (Å²) in [4.78, 5) is 12.2. The van der Waals surface area contributed by atoms with Crippen LogP contribution in [0.2, 0.25) is 0 Å². The van der Waals surface area contributed by atoms with Gasteiger partial charge in [-0.1, -0.05) is 37.3 Å². The second-order valence-corrected chi connectivity index (χ2v) is 7.20. The molecule has 0 bridgehead atoms. The smallest absolute Gasteiger partial charge is 0.347 e. The van der Waals surface area contributed by atoms with Gasteiger partial charge in [0.2, 0.25) is 0 Å². The molecule has 29 heavy (non-hydrogen) atoms. The van der Waals surface area contributed by atoms with Crippen LogP contribution in [0.1, 0.15) is 36.9 Å². The van der Waals surface area contributed by atoms with Crippen LogP contribution in [0.25, 0.3) is 0 Å². The lowest BCUT2D eigenvalue weighted by molar-refractivity contribution is -0.151. The van der Waals surface area contributed by atoms with E-state index in [4.69, 9.17) is 21.7 Å². The highest BCUT2D eigenvalue weighted by Crippen LogP contribution is 2.32. The second-order valence-electron chi connectivity index (χ2n) is 6.79. The van der Waals surface area contributed by atoms with Gasteiger partial charge in [0.15, 0.2) is 11.2 Å². The molecule has 0 fully saturated rings. The van der Waals surface area contributed by atoms with E-state index in [9.17, 15) is 9.18 Å². The summed E-state index contributed by atoms with van der Waals surface area (Å²) in [6.07, 6.45) is 1.35. The topological polar surface area (TPSA) is 59.6 Å². The average Bonchev–Trinajstić information content (AvgIpc) is 3.14. The Hall–Kier alpha value is -2.67. The fraction of sp³-hybridized carbons (Fsp3) is 0.364. The largest absolute Gasteiger partial charge is 0.479 e. The molecule has 0 saturated carbocycles. The van der Waals surface area contributed by atoms with E-state index in [-0.39, 0.29) is 18.5 Å². The molecule has 7 heteroatoms. The fourth-order valence-electron chi connectivity index (χ4n) is 3.34. The number of para-hydroxylation sites is 1. The molecule has 2 aromatic rings. The maximum absolute atomic E-state index is 13.8. The minimum atomic E-state index is -0.646. The van der Waals surface area contributed by atoms with Gasteiger partial charge in [0.25, 0.3) is 0 Å². The van der Waals surface area contributed by atoms with Gasteiger partial charge in [-0.15, -0.1) is 0 Å². The minimum Gasteiger partial charge on any atom is -0.479 e. The first-order valence-electron chi connectivity index (χ1n) is 9.78. The lowest BCUT2D eigenvalue weighted by atomic mass is 10.1.